The Morgan fingerprint density at radius 2 is 1.87 bits per heavy atom. The van der Waals surface area contributed by atoms with Crippen molar-refractivity contribution in [3.8, 4) is 0 Å². The number of hydrogen-bond donors (Lipinski definition) is 3. The van der Waals surface area contributed by atoms with Gasteiger partial charge in [0.15, 0.2) is 0 Å². The molecule has 0 heterocycles. The van der Waals surface area contributed by atoms with E-state index >= 15 is 0 Å². The lowest BCUT2D eigenvalue weighted by Crippen LogP contribution is -2.22. The van der Waals surface area contributed by atoms with E-state index in [1.165, 1.54) is 0 Å². The Morgan fingerprint density at radius 1 is 1.20 bits per heavy atom. The topological polar surface area (TPSA) is 102 Å². The Labute approximate surface area is 88.7 Å². The third-order valence-electron chi connectivity index (χ3n) is 1.70. The Bertz CT molecular complexity index is 197. The molecular weight excluding hydrogens is 200 g/mol. The van der Waals surface area contributed by atoms with Gasteiger partial charge in [-0.15, -0.1) is 0 Å². The highest BCUT2D eigenvalue weighted by molar-refractivity contribution is 5.73. The summed E-state index contributed by atoms with van der Waals surface area (Å²) in [5.41, 5.74) is 7.27. The van der Waals surface area contributed by atoms with E-state index in [1.807, 2.05) is 0 Å². The van der Waals surface area contributed by atoms with Gasteiger partial charge in [-0.25, -0.2) is 0 Å². The number of nitrogens with one attached hydrogen (secondary N) is 1. The van der Waals surface area contributed by atoms with Crippen molar-refractivity contribution in [2.24, 2.45) is 5.73 Å². The summed E-state index contributed by atoms with van der Waals surface area (Å²) in [5.74, 6) is -0.676. The molecule has 0 rings (SSSR count). The molecule has 0 unspecified atom stereocenters. The largest absolute Gasteiger partial charge is 0.395 e. The van der Waals surface area contributed by atoms with Gasteiger partial charge < -0.3 is 15.7 Å². The maximum atomic E-state index is 11.0. The zero-order valence-electron chi connectivity index (χ0n) is 8.70. The van der Waals surface area contributed by atoms with Crippen molar-refractivity contribution >= 4 is 11.9 Å². The van der Waals surface area contributed by atoms with Crippen LogP contribution in [0.2, 0.25) is 0 Å². The lowest BCUT2D eigenvalue weighted by Gasteiger charge is -2.03. The number of aliphatic hydroxyl groups is 1. The van der Waals surface area contributed by atoms with Gasteiger partial charge in [-0.2, -0.15) is 5.48 Å². The average molecular weight is 218 g/mol. The predicted molar refractivity (Wildman–Crippen MR) is 53.5 cm³/mol. The number of hydrogen-bond acceptors (Lipinski definition) is 5. The second kappa shape index (κ2) is 9.42. The smallest absolute Gasteiger partial charge is 0.324 e. The van der Waals surface area contributed by atoms with E-state index in [4.69, 9.17) is 10.8 Å². The first-order valence-corrected chi connectivity index (χ1v) is 4.98. The van der Waals surface area contributed by atoms with Gasteiger partial charge in [0.1, 0.15) is 0 Å². The van der Waals surface area contributed by atoms with Crippen molar-refractivity contribution in [2.45, 2.75) is 32.1 Å². The predicted octanol–water partition coefficient (Wildman–Crippen LogP) is -0.538. The van der Waals surface area contributed by atoms with Crippen molar-refractivity contribution < 1.29 is 19.5 Å². The number of nitrogens with two attached hydrogens (primary N) is 1. The Kier molecular flexibility index (Phi) is 8.70. The third kappa shape index (κ3) is 10.8. The van der Waals surface area contributed by atoms with Crippen molar-refractivity contribution in [3.05, 3.63) is 0 Å². The van der Waals surface area contributed by atoms with Crippen LogP contribution in [0.1, 0.15) is 32.1 Å². The van der Waals surface area contributed by atoms with Crippen molar-refractivity contribution in [1.29, 1.82) is 0 Å². The summed E-state index contributed by atoms with van der Waals surface area (Å²) in [5, 5.41) is 8.38. The van der Waals surface area contributed by atoms with Gasteiger partial charge in [0, 0.05) is 12.8 Å². The maximum absolute atomic E-state index is 11.0. The van der Waals surface area contributed by atoms with Crippen LogP contribution in [0.4, 0.5) is 0 Å². The van der Waals surface area contributed by atoms with E-state index in [-0.39, 0.29) is 25.0 Å². The van der Waals surface area contributed by atoms with E-state index in [9.17, 15) is 9.59 Å². The molecule has 6 nitrogen and oxygen atoms in total. The number of carbonyl (C=O) groups excluding carboxylic acids is 2. The number of unbranched alkanes of at least 4 members (excludes halogenated alkanes) is 2. The second-order valence-electron chi connectivity index (χ2n) is 3.12. The van der Waals surface area contributed by atoms with Gasteiger partial charge in [-0.1, -0.05) is 6.42 Å². The van der Waals surface area contributed by atoms with Crippen LogP contribution < -0.4 is 11.2 Å². The molecule has 0 aromatic rings. The molecular formula is C9H18N2O4. The van der Waals surface area contributed by atoms with Crippen molar-refractivity contribution in [3.63, 3.8) is 0 Å². The number of hydroxylamine groups is 1. The van der Waals surface area contributed by atoms with Gasteiger partial charge in [0.25, 0.3) is 0 Å². The van der Waals surface area contributed by atoms with Crippen molar-refractivity contribution in [1.82, 2.24) is 5.48 Å². The van der Waals surface area contributed by atoms with E-state index in [2.05, 4.69) is 10.3 Å². The number of amides is 1. The minimum Gasteiger partial charge on any atom is -0.395 e. The first-order chi connectivity index (χ1) is 7.16. The fraction of sp³-hybridized carbons (Fsp3) is 0.778. The number of primary amides is 1. The molecule has 0 aromatic carbocycles. The van der Waals surface area contributed by atoms with Crippen molar-refractivity contribution in [2.75, 3.05) is 13.2 Å². The van der Waals surface area contributed by atoms with Crippen LogP contribution in [0.3, 0.4) is 0 Å². The molecule has 4 N–H and O–H groups in total. The molecule has 0 spiro atoms. The first-order valence-electron chi connectivity index (χ1n) is 4.98. The molecule has 0 aliphatic carbocycles. The molecule has 0 radical (unpaired) electrons. The minimum absolute atomic E-state index is 0.0775. The molecule has 15 heavy (non-hydrogen) atoms. The molecule has 0 aliphatic rings. The van der Waals surface area contributed by atoms with E-state index < -0.39 is 0 Å². The van der Waals surface area contributed by atoms with Crippen LogP contribution in [-0.4, -0.2) is 30.1 Å². The van der Waals surface area contributed by atoms with Crippen LogP contribution in [0, 0.1) is 0 Å². The molecule has 0 bridgehead atoms. The van der Waals surface area contributed by atoms with E-state index in [0.717, 1.165) is 6.42 Å². The second-order valence-corrected chi connectivity index (χ2v) is 3.12. The highest BCUT2D eigenvalue weighted by atomic mass is 16.7. The van der Waals surface area contributed by atoms with Crippen LogP contribution in [0.5, 0.6) is 0 Å². The molecule has 0 saturated heterocycles. The molecule has 88 valence electrons. The van der Waals surface area contributed by atoms with Crippen LogP contribution in [0.15, 0.2) is 0 Å². The highest BCUT2D eigenvalue weighted by Crippen LogP contribution is 2.03. The van der Waals surface area contributed by atoms with Gasteiger partial charge in [-0.05, 0) is 12.8 Å². The number of carbonyl (C=O) groups is 2. The minimum atomic E-state index is -0.359. The van der Waals surface area contributed by atoms with Gasteiger partial charge >= 0.3 is 5.97 Å². The molecule has 0 fully saturated rings. The van der Waals surface area contributed by atoms with Gasteiger partial charge in [-0.3, -0.25) is 9.59 Å². The Hall–Kier alpha value is -1.14. The summed E-state index contributed by atoms with van der Waals surface area (Å²) >= 11 is 0. The summed E-state index contributed by atoms with van der Waals surface area (Å²) in [6, 6.07) is 0. The normalized spacial score (nSPS) is 9.93. The Balaban J connectivity index is 3.20. The van der Waals surface area contributed by atoms with Crippen LogP contribution in [-0.2, 0) is 14.4 Å². The molecule has 0 aromatic heterocycles. The quantitative estimate of drug-likeness (QED) is 0.356. The summed E-state index contributed by atoms with van der Waals surface area (Å²) in [7, 11) is 0. The standard InChI is InChI=1S/C9H18N2O4/c10-8(13)4-2-1-3-5-9(14)15-11-6-7-12/h11-12H,1-7H2,(H2,10,13). The molecule has 0 saturated carbocycles. The molecule has 0 aliphatic heterocycles. The summed E-state index contributed by atoms with van der Waals surface area (Å²) < 4.78 is 0. The number of rotatable bonds is 9. The summed E-state index contributed by atoms with van der Waals surface area (Å²) in [6.07, 6.45) is 2.81. The Morgan fingerprint density at radius 3 is 2.47 bits per heavy atom. The zero-order valence-corrected chi connectivity index (χ0v) is 8.70. The van der Waals surface area contributed by atoms with Crippen LogP contribution >= 0.6 is 0 Å². The van der Waals surface area contributed by atoms with E-state index in [0.29, 0.717) is 25.7 Å². The summed E-state index contributed by atoms with van der Waals surface area (Å²) in [4.78, 5) is 25.9. The molecule has 0 atom stereocenters. The third-order valence-corrected chi connectivity index (χ3v) is 1.70. The fourth-order valence-electron chi connectivity index (χ4n) is 0.974. The van der Waals surface area contributed by atoms with E-state index in [1.54, 1.807) is 0 Å². The zero-order chi connectivity index (χ0) is 11.5. The lowest BCUT2D eigenvalue weighted by atomic mass is 10.1. The van der Waals surface area contributed by atoms with Crippen LogP contribution in [0.25, 0.3) is 0 Å². The molecule has 6 heteroatoms. The molecule has 1 amide bonds. The monoisotopic (exact) mass is 218 g/mol. The SMILES string of the molecule is NC(=O)CCCCCC(=O)ONCCO. The van der Waals surface area contributed by atoms with Gasteiger partial charge in [0.05, 0.1) is 13.2 Å². The first kappa shape index (κ1) is 13.9. The maximum Gasteiger partial charge on any atom is 0.324 e. The number of aliphatic hydroxyl groups excluding tert-OH is 1. The fourth-order valence-corrected chi connectivity index (χ4v) is 0.974. The average Bonchev–Trinajstić information content (AvgIpc) is 2.17. The summed E-state index contributed by atoms with van der Waals surface area (Å²) in [6.45, 7) is 0.152. The highest BCUT2D eigenvalue weighted by Gasteiger charge is 2.02. The van der Waals surface area contributed by atoms with Gasteiger partial charge in [0.2, 0.25) is 5.91 Å². The lowest BCUT2D eigenvalue weighted by molar-refractivity contribution is -0.151.